The topological polar surface area (TPSA) is 3.24 Å². The Balaban J connectivity index is 1.79. The number of para-hydroxylation sites is 1. The van der Waals surface area contributed by atoms with E-state index >= 15 is 0 Å². The molecule has 3 aromatic carbocycles. The fraction of sp³-hybridized carbons (Fsp3) is 0.217. The molecule has 0 amide bonds. The largest absolute Gasteiger partial charge is 0.310 e. The van der Waals surface area contributed by atoms with Crippen LogP contribution in [0.2, 0.25) is 0 Å². The highest BCUT2D eigenvalue weighted by Crippen LogP contribution is 2.37. The van der Waals surface area contributed by atoms with Gasteiger partial charge in [-0.3, -0.25) is 0 Å². The Morgan fingerprint density at radius 2 is 1.29 bits per heavy atom. The van der Waals surface area contributed by atoms with Crippen molar-refractivity contribution in [1.29, 1.82) is 0 Å². The third kappa shape index (κ3) is 2.71. The molecule has 120 valence electrons. The summed E-state index contributed by atoms with van der Waals surface area (Å²) >= 11 is 0. The van der Waals surface area contributed by atoms with E-state index in [1.165, 1.54) is 46.6 Å². The summed E-state index contributed by atoms with van der Waals surface area (Å²) in [5.41, 5.74) is 8.04. The zero-order valence-corrected chi connectivity index (χ0v) is 14.4. The zero-order valence-electron chi connectivity index (χ0n) is 14.4. The number of anilines is 3. The molecule has 4 rings (SSSR count). The molecule has 0 radical (unpaired) electrons. The summed E-state index contributed by atoms with van der Waals surface area (Å²) in [7, 11) is 0. The number of hydrogen-bond donors (Lipinski definition) is 0. The lowest BCUT2D eigenvalue weighted by Gasteiger charge is -2.28. The van der Waals surface area contributed by atoms with Crippen molar-refractivity contribution in [1.82, 2.24) is 0 Å². The Kier molecular flexibility index (Phi) is 3.86. The van der Waals surface area contributed by atoms with Gasteiger partial charge in [-0.2, -0.15) is 0 Å². The van der Waals surface area contributed by atoms with Gasteiger partial charge in [0, 0.05) is 17.1 Å². The number of fused-ring (bicyclic) bond motifs is 1. The first-order chi connectivity index (χ1) is 11.7. The number of nitrogens with zero attached hydrogens (tertiary/aromatic N) is 1. The summed E-state index contributed by atoms with van der Waals surface area (Å²) in [5, 5.41) is 0. The van der Waals surface area contributed by atoms with Gasteiger partial charge >= 0.3 is 0 Å². The van der Waals surface area contributed by atoms with Gasteiger partial charge < -0.3 is 4.90 Å². The monoisotopic (exact) mass is 313 g/mol. The van der Waals surface area contributed by atoms with Crippen molar-refractivity contribution >= 4 is 17.1 Å². The molecule has 0 heterocycles. The molecule has 0 aliphatic heterocycles. The first-order valence-electron chi connectivity index (χ1n) is 8.79. The smallest absolute Gasteiger partial charge is 0.0464 e. The van der Waals surface area contributed by atoms with E-state index in [0.717, 1.165) is 0 Å². The number of hydrogen-bond acceptors (Lipinski definition) is 1. The van der Waals surface area contributed by atoms with Crippen molar-refractivity contribution in [3.63, 3.8) is 0 Å². The predicted octanol–water partition coefficient (Wildman–Crippen LogP) is 6.38. The second-order valence-corrected chi connectivity index (χ2v) is 6.87. The van der Waals surface area contributed by atoms with Crippen molar-refractivity contribution in [3.8, 4) is 0 Å². The number of rotatable bonds is 4. The molecule has 24 heavy (non-hydrogen) atoms. The minimum atomic E-state index is 0.556. The van der Waals surface area contributed by atoms with Crippen LogP contribution in [0, 0.1) is 0 Å². The van der Waals surface area contributed by atoms with Crippen LogP contribution >= 0.6 is 0 Å². The minimum absolute atomic E-state index is 0.556. The predicted molar refractivity (Wildman–Crippen MR) is 103 cm³/mol. The van der Waals surface area contributed by atoms with Gasteiger partial charge in [0.15, 0.2) is 0 Å². The molecule has 0 aromatic heterocycles. The van der Waals surface area contributed by atoms with Gasteiger partial charge in [0.05, 0.1) is 0 Å². The van der Waals surface area contributed by atoms with Crippen molar-refractivity contribution in [2.45, 2.75) is 32.6 Å². The molecule has 1 heteroatoms. The molecule has 1 nitrogen and oxygen atoms in total. The molecule has 0 saturated heterocycles. The summed E-state index contributed by atoms with van der Waals surface area (Å²) in [6.07, 6.45) is 2.43. The van der Waals surface area contributed by atoms with Crippen molar-refractivity contribution in [3.05, 3.63) is 89.5 Å². The maximum atomic E-state index is 2.35. The lowest BCUT2D eigenvalue weighted by Crippen LogP contribution is -2.13. The highest BCUT2D eigenvalue weighted by Gasteiger charge is 2.17. The van der Waals surface area contributed by atoms with Crippen molar-refractivity contribution < 1.29 is 0 Å². The van der Waals surface area contributed by atoms with Crippen LogP contribution in [-0.4, -0.2) is 0 Å². The summed E-state index contributed by atoms with van der Waals surface area (Å²) < 4.78 is 0. The Bertz CT molecular complexity index is 832. The van der Waals surface area contributed by atoms with E-state index < -0.39 is 0 Å². The van der Waals surface area contributed by atoms with Crippen molar-refractivity contribution in [2.24, 2.45) is 0 Å². The van der Waals surface area contributed by atoms with Gasteiger partial charge in [0.25, 0.3) is 0 Å². The van der Waals surface area contributed by atoms with Gasteiger partial charge in [-0.05, 0) is 71.8 Å². The van der Waals surface area contributed by atoms with Gasteiger partial charge in [-0.15, -0.1) is 0 Å². The first kappa shape index (κ1) is 15.0. The maximum absolute atomic E-state index is 2.35. The lowest BCUT2D eigenvalue weighted by molar-refractivity contribution is 0.839. The van der Waals surface area contributed by atoms with E-state index in [4.69, 9.17) is 0 Å². The Morgan fingerprint density at radius 1 is 0.667 bits per heavy atom. The molecular weight excluding hydrogens is 290 g/mol. The Hall–Kier alpha value is -2.54. The van der Waals surface area contributed by atoms with E-state index in [1.807, 2.05) is 0 Å². The van der Waals surface area contributed by atoms with E-state index in [0.29, 0.717) is 5.92 Å². The maximum Gasteiger partial charge on any atom is 0.0464 e. The number of benzene rings is 3. The SMILES string of the molecule is CC(C)c1ccc(N(c2ccccc2)c2ccc3c(c2)CC3)cc1. The average molecular weight is 313 g/mol. The van der Waals surface area contributed by atoms with Gasteiger partial charge in [-0.1, -0.05) is 50.2 Å². The van der Waals surface area contributed by atoms with E-state index in [1.54, 1.807) is 0 Å². The van der Waals surface area contributed by atoms with Crippen molar-refractivity contribution in [2.75, 3.05) is 4.90 Å². The Morgan fingerprint density at radius 3 is 1.88 bits per heavy atom. The van der Waals surface area contributed by atoms with E-state index in [2.05, 4.69) is 91.5 Å². The van der Waals surface area contributed by atoms with Crippen LogP contribution < -0.4 is 4.90 Å². The molecule has 1 aliphatic carbocycles. The first-order valence-corrected chi connectivity index (χ1v) is 8.79. The average Bonchev–Trinajstić information content (AvgIpc) is 2.59. The molecule has 0 saturated carbocycles. The summed E-state index contributed by atoms with van der Waals surface area (Å²) in [6.45, 7) is 4.47. The van der Waals surface area contributed by atoms with Crippen LogP contribution in [0.4, 0.5) is 17.1 Å². The van der Waals surface area contributed by atoms with E-state index in [-0.39, 0.29) is 0 Å². The summed E-state index contributed by atoms with van der Waals surface area (Å²) in [5.74, 6) is 0.556. The van der Waals surface area contributed by atoms with Crippen LogP contribution in [0.3, 0.4) is 0 Å². The van der Waals surface area contributed by atoms with Crippen LogP contribution in [0.1, 0.15) is 36.5 Å². The van der Waals surface area contributed by atoms with Crippen LogP contribution in [0.5, 0.6) is 0 Å². The van der Waals surface area contributed by atoms with Gasteiger partial charge in [-0.25, -0.2) is 0 Å². The fourth-order valence-corrected chi connectivity index (χ4v) is 3.35. The summed E-state index contributed by atoms with van der Waals surface area (Å²) in [4.78, 5) is 2.35. The molecule has 0 spiro atoms. The molecule has 0 atom stereocenters. The third-order valence-corrected chi connectivity index (χ3v) is 4.94. The fourth-order valence-electron chi connectivity index (χ4n) is 3.35. The molecule has 0 fully saturated rings. The highest BCUT2D eigenvalue weighted by atomic mass is 15.1. The Labute approximate surface area is 144 Å². The second kappa shape index (κ2) is 6.16. The molecule has 3 aromatic rings. The van der Waals surface area contributed by atoms with Crippen LogP contribution in [0.25, 0.3) is 0 Å². The molecule has 1 aliphatic rings. The van der Waals surface area contributed by atoms with Crippen LogP contribution in [-0.2, 0) is 12.8 Å². The number of aryl methyl sites for hydroxylation is 2. The van der Waals surface area contributed by atoms with Gasteiger partial charge in [0.1, 0.15) is 0 Å². The zero-order chi connectivity index (χ0) is 16.5. The normalized spacial score (nSPS) is 12.6. The standard InChI is InChI=1S/C23H23N/c1-17(2)18-10-13-22(14-11-18)24(21-6-4-3-5-7-21)23-15-12-19-8-9-20(19)16-23/h3-7,10-17H,8-9H2,1-2H3. The highest BCUT2D eigenvalue weighted by molar-refractivity contribution is 5.77. The minimum Gasteiger partial charge on any atom is -0.310 e. The molecular formula is C23H23N. The molecule has 0 N–H and O–H groups in total. The third-order valence-electron chi connectivity index (χ3n) is 4.94. The van der Waals surface area contributed by atoms with Gasteiger partial charge in [0.2, 0.25) is 0 Å². The second-order valence-electron chi connectivity index (χ2n) is 6.87. The quantitative estimate of drug-likeness (QED) is 0.540. The van der Waals surface area contributed by atoms with E-state index in [9.17, 15) is 0 Å². The summed E-state index contributed by atoms with van der Waals surface area (Å²) in [6, 6.07) is 26.5. The van der Waals surface area contributed by atoms with Crippen LogP contribution in [0.15, 0.2) is 72.8 Å². The lowest BCUT2D eigenvalue weighted by atomic mass is 9.88. The molecule has 0 unspecified atom stereocenters. The molecule has 0 bridgehead atoms.